The molecule has 2 aliphatic rings. The molecule has 3 heterocycles. The number of aromatic nitrogens is 1. The number of hydrogen-bond donors (Lipinski definition) is 0. The third-order valence-electron chi connectivity index (χ3n) is 4.69. The lowest BCUT2D eigenvalue weighted by Gasteiger charge is -2.25. The third kappa shape index (κ3) is 2.76. The highest BCUT2D eigenvalue weighted by molar-refractivity contribution is 7.18. The maximum Gasteiger partial charge on any atom is 0.327 e. The van der Waals surface area contributed by atoms with Gasteiger partial charge < -0.3 is 9.80 Å². The molecule has 1 aromatic carbocycles. The summed E-state index contributed by atoms with van der Waals surface area (Å²) in [5, 5.41) is 0.920. The Morgan fingerprint density at radius 3 is 2.84 bits per heavy atom. The molecular weight excluding hydrogens is 340 g/mol. The molecule has 0 N–H and O–H groups in total. The van der Waals surface area contributed by atoms with Crippen molar-refractivity contribution in [3.05, 3.63) is 29.3 Å². The summed E-state index contributed by atoms with van der Waals surface area (Å²) in [5.74, 6) is -0.518. The fraction of sp³-hybridized carbons (Fsp3) is 0.412. The van der Waals surface area contributed by atoms with Crippen molar-refractivity contribution in [3.63, 3.8) is 0 Å². The van der Waals surface area contributed by atoms with E-state index in [1.165, 1.54) is 4.90 Å². The van der Waals surface area contributed by atoms with Gasteiger partial charge in [0.05, 0.1) is 16.3 Å². The van der Waals surface area contributed by atoms with E-state index in [1.807, 2.05) is 24.3 Å². The van der Waals surface area contributed by atoms with Crippen LogP contribution in [0.25, 0.3) is 10.2 Å². The van der Waals surface area contributed by atoms with E-state index in [4.69, 9.17) is 0 Å². The second kappa shape index (κ2) is 6.11. The zero-order chi connectivity index (χ0) is 17.6. The molecule has 0 aliphatic carbocycles. The van der Waals surface area contributed by atoms with Crippen LogP contribution in [0.2, 0.25) is 0 Å². The fourth-order valence-electron chi connectivity index (χ4n) is 3.41. The number of fused-ring (bicyclic) bond motifs is 1. The zero-order valence-electron chi connectivity index (χ0n) is 13.8. The number of likely N-dealkylation sites (N-methyl/N-ethyl adjacent to an activating group) is 1. The van der Waals surface area contributed by atoms with Crippen LogP contribution in [0.1, 0.15) is 23.9 Å². The van der Waals surface area contributed by atoms with Crippen LogP contribution in [-0.2, 0) is 9.59 Å². The van der Waals surface area contributed by atoms with E-state index in [9.17, 15) is 14.4 Å². The van der Waals surface area contributed by atoms with Crippen LogP contribution in [-0.4, -0.2) is 64.2 Å². The number of hydrogen-bond acceptors (Lipinski definition) is 5. The largest absolute Gasteiger partial charge is 0.332 e. The highest BCUT2D eigenvalue weighted by atomic mass is 32.1. The number of carbonyl (C=O) groups excluding carboxylic acids is 3. The Hall–Kier alpha value is -2.48. The molecule has 1 aromatic heterocycles. The van der Waals surface area contributed by atoms with E-state index < -0.39 is 6.03 Å². The van der Waals surface area contributed by atoms with Crippen LogP contribution in [0.5, 0.6) is 0 Å². The van der Waals surface area contributed by atoms with Crippen molar-refractivity contribution in [1.82, 2.24) is 19.7 Å². The van der Waals surface area contributed by atoms with E-state index in [2.05, 4.69) is 4.98 Å². The van der Waals surface area contributed by atoms with Gasteiger partial charge in [0.2, 0.25) is 5.91 Å². The van der Waals surface area contributed by atoms with Crippen LogP contribution < -0.4 is 0 Å². The molecule has 8 heteroatoms. The molecule has 0 spiro atoms. The lowest BCUT2D eigenvalue weighted by Crippen LogP contribution is -2.43. The summed E-state index contributed by atoms with van der Waals surface area (Å²) in [6.07, 6.45) is 1.75. The number of carbonyl (C=O) groups is 3. The molecule has 2 aromatic rings. The maximum absolute atomic E-state index is 12.7. The van der Waals surface area contributed by atoms with Crippen molar-refractivity contribution in [2.75, 3.05) is 26.7 Å². The minimum atomic E-state index is -0.408. The van der Waals surface area contributed by atoms with Gasteiger partial charge in [-0.2, -0.15) is 0 Å². The second-order valence-electron chi connectivity index (χ2n) is 6.38. The van der Waals surface area contributed by atoms with Crippen molar-refractivity contribution < 1.29 is 14.4 Å². The Morgan fingerprint density at radius 1 is 1.32 bits per heavy atom. The van der Waals surface area contributed by atoms with E-state index in [1.54, 1.807) is 23.3 Å². The Balaban J connectivity index is 1.54. The molecule has 2 fully saturated rings. The summed E-state index contributed by atoms with van der Waals surface area (Å²) in [7, 11) is 1.56. The van der Waals surface area contributed by atoms with Gasteiger partial charge in [-0.15, -0.1) is 11.3 Å². The molecule has 1 atom stereocenters. The predicted octanol–water partition coefficient (Wildman–Crippen LogP) is 1.85. The van der Waals surface area contributed by atoms with E-state index in [-0.39, 0.29) is 30.9 Å². The summed E-state index contributed by atoms with van der Waals surface area (Å²) >= 11 is 1.60. The molecule has 0 bridgehead atoms. The van der Waals surface area contributed by atoms with Gasteiger partial charge in [0.1, 0.15) is 18.1 Å². The first-order chi connectivity index (χ1) is 12.0. The summed E-state index contributed by atoms with van der Waals surface area (Å²) in [6, 6.07) is 7.43. The van der Waals surface area contributed by atoms with Crippen LogP contribution in [0, 0.1) is 0 Å². The number of para-hydroxylation sites is 1. The molecule has 130 valence electrons. The van der Waals surface area contributed by atoms with Crippen molar-refractivity contribution in [3.8, 4) is 0 Å². The number of likely N-dealkylation sites (tertiary alicyclic amines) is 1. The predicted molar refractivity (Wildman–Crippen MR) is 93.0 cm³/mol. The van der Waals surface area contributed by atoms with E-state index >= 15 is 0 Å². The van der Waals surface area contributed by atoms with Gasteiger partial charge >= 0.3 is 6.03 Å². The molecule has 0 saturated carbocycles. The van der Waals surface area contributed by atoms with E-state index in [0.717, 1.165) is 33.0 Å². The average Bonchev–Trinajstić information content (AvgIpc) is 3.28. The summed E-state index contributed by atoms with van der Waals surface area (Å²) in [5.41, 5.74) is 0.938. The molecule has 2 saturated heterocycles. The fourth-order valence-corrected chi connectivity index (χ4v) is 4.52. The van der Waals surface area contributed by atoms with Gasteiger partial charge in [-0.25, -0.2) is 9.78 Å². The van der Waals surface area contributed by atoms with Crippen LogP contribution in [0.4, 0.5) is 4.79 Å². The summed E-state index contributed by atoms with van der Waals surface area (Å²) in [6.45, 7) is 0.475. The summed E-state index contributed by atoms with van der Waals surface area (Å²) in [4.78, 5) is 45.4. The van der Waals surface area contributed by atoms with Crippen molar-refractivity contribution in [1.29, 1.82) is 0 Å². The van der Waals surface area contributed by atoms with Gasteiger partial charge in [-0.05, 0) is 25.0 Å². The van der Waals surface area contributed by atoms with Gasteiger partial charge in [0.15, 0.2) is 0 Å². The average molecular weight is 358 g/mol. The van der Waals surface area contributed by atoms with Gasteiger partial charge in [-0.3, -0.25) is 14.5 Å². The van der Waals surface area contributed by atoms with Crippen molar-refractivity contribution in [2.45, 2.75) is 18.9 Å². The number of nitrogens with zero attached hydrogens (tertiary/aromatic N) is 4. The molecule has 2 aliphatic heterocycles. The Labute approximate surface area is 148 Å². The number of thiazole rings is 1. The molecule has 0 unspecified atom stereocenters. The molecular formula is C17H18N4O3S. The molecule has 7 nitrogen and oxygen atoms in total. The minimum Gasteiger partial charge on any atom is -0.332 e. The lowest BCUT2D eigenvalue weighted by molar-refractivity contribution is -0.137. The standard InChI is InChI=1S/C17H18N4O3S/c1-19-9-14(22)21(17(19)24)10-15(23)20-8-4-6-12(20)16-18-11-5-2-3-7-13(11)25-16/h2-3,5,7,12H,4,6,8-10H2,1H3/t12-/m0/s1. The van der Waals surface area contributed by atoms with Crippen molar-refractivity contribution >= 4 is 39.4 Å². The first-order valence-corrected chi connectivity index (χ1v) is 9.06. The monoisotopic (exact) mass is 358 g/mol. The minimum absolute atomic E-state index is 0.0351. The molecule has 25 heavy (non-hydrogen) atoms. The number of benzene rings is 1. The summed E-state index contributed by atoms with van der Waals surface area (Å²) < 4.78 is 1.10. The Bertz CT molecular complexity index is 831. The second-order valence-corrected chi connectivity index (χ2v) is 7.45. The number of rotatable bonds is 3. The van der Waals surface area contributed by atoms with Gasteiger partial charge in [0.25, 0.3) is 5.91 Å². The topological polar surface area (TPSA) is 73.8 Å². The Morgan fingerprint density at radius 2 is 2.12 bits per heavy atom. The van der Waals surface area contributed by atoms with Gasteiger partial charge in [-0.1, -0.05) is 12.1 Å². The zero-order valence-corrected chi connectivity index (χ0v) is 14.7. The van der Waals surface area contributed by atoms with Crippen molar-refractivity contribution in [2.24, 2.45) is 0 Å². The third-order valence-corrected chi connectivity index (χ3v) is 5.83. The molecule has 0 radical (unpaired) electrons. The van der Waals surface area contributed by atoms with Crippen LogP contribution in [0.3, 0.4) is 0 Å². The number of imide groups is 1. The van der Waals surface area contributed by atoms with Crippen LogP contribution >= 0.6 is 11.3 Å². The van der Waals surface area contributed by atoms with E-state index in [0.29, 0.717) is 6.54 Å². The smallest absolute Gasteiger partial charge is 0.327 e. The quantitative estimate of drug-likeness (QED) is 0.785. The SMILES string of the molecule is CN1CC(=O)N(CC(=O)N2CCC[C@H]2c2nc3ccccc3s2)C1=O. The normalized spacial score (nSPS) is 21.0. The lowest BCUT2D eigenvalue weighted by atomic mass is 10.2. The van der Waals surface area contributed by atoms with Gasteiger partial charge in [0, 0.05) is 13.6 Å². The first kappa shape index (κ1) is 16.0. The highest BCUT2D eigenvalue weighted by Gasteiger charge is 2.38. The number of urea groups is 1. The molecule has 4 amide bonds. The van der Waals surface area contributed by atoms with Crippen LogP contribution in [0.15, 0.2) is 24.3 Å². The maximum atomic E-state index is 12.7. The molecule has 4 rings (SSSR count). The highest BCUT2D eigenvalue weighted by Crippen LogP contribution is 2.36. The first-order valence-electron chi connectivity index (χ1n) is 8.25. The Kier molecular flexibility index (Phi) is 3.91. The number of amides is 4.